The van der Waals surface area contributed by atoms with E-state index < -0.39 is 37.0 Å². The van der Waals surface area contributed by atoms with Crippen LogP contribution in [0.4, 0.5) is 26.3 Å². The number of H-pyrrole nitrogens is 1. The number of allylic oxidation sites excluding steroid dienone is 4. The number of tetrazole rings is 1. The van der Waals surface area contributed by atoms with Gasteiger partial charge in [0.15, 0.2) is 0 Å². The smallest absolute Gasteiger partial charge is 0.410 e. The molecule has 0 saturated carbocycles. The van der Waals surface area contributed by atoms with E-state index in [0.717, 1.165) is 11.6 Å². The molecular weight excluding hydrogens is 518 g/mol. The summed E-state index contributed by atoms with van der Waals surface area (Å²) in [6.45, 7) is 1.61. The highest BCUT2D eigenvalue weighted by Crippen LogP contribution is 2.46. The van der Waals surface area contributed by atoms with Gasteiger partial charge in [0.25, 0.3) is 0 Å². The van der Waals surface area contributed by atoms with Crippen LogP contribution in [0.5, 0.6) is 0 Å². The molecule has 3 N–H and O–H groups in total. The van der Waals surface area contributed by atoms with Crippen molar-refractivity contribution in [3.63, 3.8) is 0 Å². The lowest BCUT2D eigenvalue weighted by Gasteiger charge is -2.41. The number of hydrogen-bond donors (Lipinski definition) is 3. The molecule has 4 rings (SSSR count). The summed E-state index contributed by atoms with van der Waals surface area (Å²) in [5.41, 5.74) is -1.29. The number of aromatic amines is 1. The Labute approximate surface area is 213 Å². The van der Waals surface area contributed by atoms with Gasteiger partial charge in [-0.1, -0.05) is 18.2 Å². The summed E-state index contributed by atoms with van der Waals surface area (Å²) >= 11 is 0. The van der Waals surface area contributed by atoms with Gasteiger partial charge in [0.05, 0.1) is 12.3 Å². The largest absolute Gasteiger partial charge is 0.494 e. The number of nitrogens with zero attached hydrogens (tertiary/aromatic N) is 4. The normalized spacial score (nSPS) is 23.6. The summed E-state index contributed by atoms with van der Waals surface area (Å²) in [7, 11) is 0. The fourth-order valence-electron chi connectivity index (χ4n) is 4.21. The van der Waals surface area contributed by atoms with Crippen molar-refractivity contribution in [2.45, 2.75) is 56.7 Å². The van der Waals surface area contributed by atoms with Crippen LogP contribution in [0.3, 0.4) is 0 Å². The number of aliphatic hydroxyl groups is 1. The fourth-order valence-corrected chi connectivity index (χ4v) is 4.21. The predicted octanol–water partition coefficient (Wildman–Crippen LogP) is 4.56. The van der Waals surface area contributed by atoms with E-state index in [1.54, 1.807) is 19.1 Å². The Hall–Kier alpha value is -3.52. The number of aliphatic hydroxyl groups excluding tert-OH is 1. The van der Waals surface area contributed by atoms with E-state index in [1.165, 1.54) is 24.4 Å². The first-order chi connectivity index (χ1) is 17.9. The lowest BCUT2D eigenvalue weighted by Crippen LogP contribution is -2.61. The Morgan fingerprint density at radius 2 is 1.97 bits per heavy atom. The van der Waals surface area contributed by atoms with Crippen LogP contribution >= 0.6 is 0 Å². The Balaban J connectivity index is 1.63. The molecule has 0 saturated heterocycles. The number of alkyl halides is 6. The molecular formula is C24H24F6N6O2. The van der Waals surface area contributed by atoms with Gasteiger partial charge in [-0.15, -0.1) is 10.2 Å². The van der Waals surface area contributed by atoms with Crippen molar-refractivity contribution >= 4 is 11.1 Å². The second-order valence-electron chi connectivity index (χ2n) is 8.97. The molecule has 0 amide bonds. The molecule has 14 heteroatoms. The minimum absolute atomic E-state index is 0.0157. The summed E-state index contributed by atoms with van der Waals surface area (Å²) in [6, 6.07) is 3.25. The molecule has 0 aromatic carbocycles. The van der Waals surface area contributed by atoms with Gasteiger partial charge in [-0.2, -0.15) is 31.6 Å². The first-order valence-electron chi connectivity index (χ1n) is 11.6. The maximum atomic E-state index is 14.7. The number of aryl methyl sites for hydroxylation is 1. The predicted molar refractivity (Wildman–Crippen MR) is 124 cm³/mol. The summed E-state index contributed by atoms with van der Waals surface area (Å²) in [6.07, 6.45) is -5.96. The second-order valence-corrected chi connectivity index (χ2v) is 8.97. The van der Waals surface area contributed by atoms with E-state index in [4.69, 9.17) is 4.74 Å². The Morgan fingerprint density at radius 3 is 2.55 bits per heavy atom. The summed E-state index contributed by atoms with van der Waals surface area (Å²) in [5.74, 6) is 0.199. The monoisotopic (exact) mass is 542 g/mol. The third-order valence-corrected chi connectivity index (χ3v) is 6.07. The third kappa shape index (κ3) is 6.30. The molecule has 38 heavy (non-hydrogen) atoms. The quantitative estimate of drug-likeness (QED) is 0.348. The molecule has 0 spiro atoms. The van der Waals surface area contributed by atoms with Crippen molar-refractivity contribution in [2.24, 2.45) is 0 Å². The molecule has 2 atom stereocenters. The summed E-state index contributed by atoms with van der Waals surface area (Å²) in [5, 5.41) is 26.5. The van der Waals surface area contributed by atoms with Crippen molar-refractivity contribution in [1.82, 2.24) is 30.9 Å². The molecule has 8 nitrogen and oxygen atoms in total. The zero-order chi connectivity index (χ0) is 27.6. The Morgan fingerprint density at radius 1 is 1.18 bits per heavy atom. The van der Waals surface area contributed by atoms with Crippen LogP contribution in [0.15, 0.2) is 54.0 Å². The zero-order valence-electron chi connectivity index (χ0n) is 20.1. The molecule has 2 aliphatic rings. The van der Waals surface area contributed by atoms with Crippen molar-refractivity contribution in [1.29, 1.82) is 0 Å². The van der Waals surface area contributed by atoms with Crippen LogP contribution in [-0.4, -0.2) is 61.4 Å². The van der Waals surface area contributed by atoms with Crippen molar-refractivity contribution in [3.8, 4) is 0 Å². The molecule has 0 bridgehead atoms. The van der Waals surface area contributed by atoms with E-state index in [-0.39, 0.29) is 53.4 Å². The maximum absolute atomic E-state index is 14.7. The number of hydrogen-bond acceptors (Lipinski definition) is 7. The molecule has 0 fully saturated rings. The Bertz CT molecular complexity index is 1250. The standard InChI is InChI=1S/C24H24F6N6O2/c1-14-3-8-18(31-13-14)17-12-22(24(28,29)30,32-21(37)19(17)20-33-35-36-34-20)11-15-4-6-16(7-5-15)38-10-2-9-23(25,26)27/h3-4,6-8,11,13,21,32,37H,2,5,9-10,12H2,1H3,(H,33,34,35,36). The zero-order valence-corrected chi connectivity index (χ0v) is 20.1. The van der Waals surface area contributed by atoms with E-state index in [1.807, 2.05) is 0 Å². The summed E-state index contributed by atoms with van der Waals surface area (Å²) < 4.78 is 86.1. The molecule has 2 aromatic heterocycles. The van der Waals surface area contributed by atoms with E-state index in [9.17, 15) is 31.4 Å². The fraction of sp³-hybridized carbons (Fsp3) is 0.417. The molecule has 2 aromatic rings. The number of nitrogens with one attached hydrogen (secondary N) is 2. The van der Waals surface area contributed by atoms with Crippen LogP contribution in [0.2, 0.25) is 0 Å². The van der Waals surface area contributed by atoms with Gasteiger partial charge >= 0.3 is 12.4 Å². The number of aromatic nitrogens is 5. The lowest BCUT2D eigenvalue weighted by atomic mass is 9.79. The Kier molecular flexibility index (Phi) is 7.74. The van der Waals surface area contributed by atoms with Crippen LogP contribution in [0.1, 0.15) is 42.8 Å². The first kappa shape index (κ1) is 27.5. The molecule has 204 valence electrons. The van der Waals surface area contributed by atoms with Gasteiger partial charge in [-0.25, -0.2) is 0 Å². The van der Waals surface area contributed by atoms with Crippen molar-refractivity contribution < 1.29 is 36.2 Å². The van der Waals surface area contributed by atoms with Gasteiger partial charge in [-0.05, 0) is 59.9 Å². The molecule has 1 aliphatic carbocycles. The maximum Gasteiger partial charge on any atom is 0.410 e. The minimum atomic E-state index is -4.84. The highest BCUT2D eigenvalue weighted by molar-refractivity contribution is 5.91. The van der Waals surface area contributed by atoms with E-state index >= 15 is 0 Å². The van der Waals surface area contributed by atoms with Crippen LogP contribution in [0, 0.1) is 6.92 Å². The second kappa shape index (κ2) is 10.7. The van der Waals surface area contributed by atoms with Crippen molar-refractivity contribution in [3.05, 3.63) is 71.0 Å². The molecule has 0 radical (unpaired) electrons. The van der Waals surface area contributed by atoms with Crippen LogP contribution in [-0.2, 0) is 4.74 Å². The van der Waals surface area contributed by atoms with E-state index in [0.29, 0.717) is 0 Å². The van der Waals surface area contributed by atoms with Crippen molar-refractivity contribution in [2.75, 3.05) is 6.61 Å². The van der Waals surface area contributed by atoms with Gasteiger partial charge in [0.1, 0.15) is 17.5 Å². The van der Waals surface area contributed by atoms with Gasteiger partial charge in [0, 0.05) is 24.6 Å². The molecule has 3 heterocycles. The van der Waals surface area contributed by atoms with Crippen LogP contribution < -0.4 is 5.32 Å². The van der Waals surface area contributed by atoms with Gasteiger partial charge in [-0.3, -0.25) is 10.3 Å². The average molecular weight is 542 g/mol. The number of pyridine rings is 1. The third-order valence-electron chi connectivity index (χ3n) is 6.07. The highest BCUT2D eigenvalue weighted by Gasteiger charge is 2.57. The molecule has 1 aliphatic heterocycles. The summed E-state index contributed by atoms with van der Waals surface area (Å²) in [4.78, 5) is 4.27. The molecule has 2 unspecified atom stereocenters. The highest BCUT2D eigenvalue weighted by atomic mass is 19.4. The lowest BCUT2D eigenvalue weighted by molar-refractivity contribution is -0.187. The average Bonchev–Trinajstić information content (AvgIpc) is 3.36. The SMILES string of the molecule is Cc1ccc(C2=C(c3nn[nH]n3)C(O)NC(C=C3C=CC(OCCCC(F)(F)F)=CC3)(C(F)(F)F)C2)nc1. The van der Waals surface area contributed by atoms with Gasteiger partial charge in [0.2, 0.25) is 5.82 Å². The van der Waals surface area contributed by atoms with Crippen LogP contribution in [0.25, 0.3) is 11.1 Å². The minimum Gasteiger partial charge on any atom is -0.494 e. The van der Waals surface area contributed by atoms with Gasteiger partial charge < -0.3 is 9.84 Å². The number of rotatable bonds is 7. The topological polar surface area (TPSA) is 109 Å². The first-order valence-corrected chi connectivity index (χ1v) is 11.6. The number of ether oxygens (including phenoxy) is 1. The van der Waals surface area contributed by atoms with E-state index in [2.05, 4.69) is 30.9 Å². The number of halogens is 6.